The van der Waals surface area contributed by atoms with Gasteiger partial charge in [-0.3, -0.25) is 0 Å². The second kappa shape index (κ2) is 6.86. The molecule has 1 aromatic carbocycles. The average molecular weight is 273 g/mol. The standard InChI is InChI=1S/C15H19N3O2/c1-4-20-13-8-6-5-7-12(13)15-17-11(10-19-3)9-14(16-2)18-15/h5-9H,4,10H2,1-3H3,(H,16,17,18). The van der Waals surface area contributed by atoms with E-state index in [9.17, 15) is 0 Å². The lowest BCUT2D eigenvalue weighted by atomic mass is 10.2. The van der Waals surface area contributed by atoms with E-state index in [0.29, 0.717) is 19.0 Å². The Kier molecular flexibility index (Phi) is 4.90. The number of para-hydroxylation sites is 1. The van der Waals surface area contributed by atoms with Crippen molar-refractivity contribution in [2.24, 2.45) is 0 Å². The van der Waals surface area contributed by atoms with E-state index < -0.39 is 0 Å². The molecule has 106 valence electrons. The first-order valence-electron chi connectivity index (χ1n) is 6.55. The second-order valence-corrected chi connectivity index (χ2v) is 4.18. The normalized spacial score (nSPS) is 10.3. The largest absolute Gasteiger partial charge is 0.493 e. The van der Waals surface area contributed by atoms with Gasteiger partial charge in [0.2, 0.25) is 0 Å². The predicted octanol–water partition coefficient (Wildman–Crippen LogP) is 2.73. The molecule has 1 aromatic heterocycles. The number of anilines is 1. The van der Waals surface area contributed by atoms with Crippen molar-refractivity contribution in [3.63, 3.8) is 0 Å². The zero-order valence-electron chi connectivity index (χ0n) is 12.0. The minimum absolute atomic E-state index is 0.445. The van der Waals surface area contributed by atoms with Crippen molar-refractivity contribution in [2.45, 2.75) is 13.5 Å². The summed E-state index contributed by atoms with van der Waals surface area (Å²) in [6.45, 7) is 3.01. The van der Waals surface area contributed by atoms with Gasteiger partial charge in [-0.25, -0.2) is 9.97 Å². The van der Waals surface area contributed by atoms with Crippen molar-refractivity contribution in [2.75, 3.05) is 26.1 Å². The van der Waals surface area contributed by atoms with Gasteiger partial charge < -0.3 is 14.8 Å². The van der Waals surface area contributed by atoms with Crippen LogP contribution in [0, 0.1) is 0 Å². The van der Waals surface area contributed by atoms with E-state index >= 15 is 0 Å². The quantitative estimate of drug-likeness (QED) is 0.877. The first-order valence-corrected chi connectivity index (χ1v) is 6.55. The molecule has 20 heavy (non-hydrogen) atoms. The molecule has 2 rings (SSSR count). The van der Waals surface area contributed by atoms with Crippen molar-refractivity contribution in [1.82, 2.24) is 9.97 Å². The van der Waals surface area contributed by atoms with Gasteiger partial charge in [-0.05, 0) is 19.1 Å². The molecule has 2 aromatic rings. The summed E-state index contributed by atoms with van der Waals surface area (Å²) in [6.07, 6.45) is 0. The lowest BCUT2D eigenvalue weighted by Crippen LogP contribution is -2.03. The number of hydrogen-bond donors (Lipinski definition) is 1. The molecule has 0 bridgehead atoms. The highest BCUT2D eigenvalue weighted by atomic mass is 16.5. The van der Waals surface area contributed by atoms with Crippen LogP contribution >= 0.6 is 0 Å². The van der Waals surface area contributed by atoms with Gasteiger partial charge in [0.1, 0.15) is 11.6 Å². The number of hydrogen-bond acceptors (Lipinski definition) is 5. The maximum Gasteiger partial charge on any atom is 0.165 e. The smallest absolute Gasteiger partial charge is 0.165 e. The summed E-state index contributed by atoms with van der Waals surface area (Å²) in [5, 5.41) is 3.04. The van der Waals surface area contributed by atoms with Crippen LogP contribution in [-0.4, -0.2) is 30.7 Å². The molecule has 5 heteroatoms. The summed E-state index contributed by atoms with van der Waals surface area (Å²) < 4.78 is 10.8. The van der Waals surface area contributed by atoms with Gasteiger partial charge in [0.15, 0.2) is 5.82 Å². The van der Waals surface area contributed by atoms with Crippen LogP contribution in [0.4, 0.5) is 5.82 Å². The highest BCUT2D eigenvalue weighted by molar-refractivity contribution is 5.65. The van der Waals surface area contributed by atoms with Crippen molar-refractivity contribution < 1.29 is 9.47 Å². The van der Waals surface area contributed by atoms with Crippen LogP contribution in [0.2, 0.25) is 0 Å². The lowest BCUT2D eigenvalue weighted by Gasteiger charge is -2.11. The lowest BCUT2D eigenvalue weighted by molar-refractivity contribution is 0.181. The molecule has 0 radical (unpaired) electrons. The van der Waals surface area contributed by atoms with Gasteiger partial charge >= 0.3 is 0 Å². The van der Waals surface area contributed by atoms with Gasteiger partial charge in [0.25, 0.3) is 0 Å². The van der Waals surface area contributed by atoms with Crippen LogP contribution in [-0.2, 0) is 11.3 Å². The minimum atomic E-state index is 0.445. The third-order valence-electron chi connectivity index (χ3n) is 2.76. The molecule has 1 N–H and O–H groups in total. The molecule has 0 aliphatic carbocycles. The highest BCUT2D eigenvalue weighted by Crippen LogP contribution is 2.28. The number of ether oxygens (including phenoxy) is 2. The maximum absolute atomic E-state index is 5.63. The molecule has 0 amide bonds. The number of rotatable bonds is 6. The zero-order chi connectivity index (χ0) is 14.4. The van der Waals surface area contributed by atoms with Crippen LogP contribution in [0.1, 0.15) is 12.6 Å². The second-order valence-electron chi connectivity index (χ2n) is 4.18. The SMILES string of the molecule is CCOc1ccccc1-c1nc(COC)cc(NC)n1. The topological polar surface area (TPSA) is 56.3 Å². The Morgan fingerprint density at radius 2 is 2.00 bits per heavy atom. The molecule has 0 unspecified atom stereocenters. The molecule has 0 spiro atoms. The Labute approximate surface area is 119 Å². The minimum Gasteiger partial charge on any atom is -0.493 e. The summed E-state index contributed by atoms with van der Waals surface area (Å²) in [6, 6.07) is 9.63. The molecule has 0 saturated heterocycles. The predicted molar refractivity (Wildman–Crippen MR) is 78.9 cm³/mol. The van der Waals surface area contributed by atoms with E-state index in [1.165, 1.54) is 0 Å². The van der Waals surface area contributed by atoms with Crippen LogP contribution in [0.3, 0.4) is 0 Å². The van der Waals surface area contributed by atoms with Gasteiger partial charge in [0.05, 0.1) is 24.5 Å². The third kappa shape index (κ3) is 3.24. The van der Waals surface area contributed by atoms with Crippen LogP contribution in [0.25, 0.3) is 11.4 Å². The van der Waals surface area contributed by atoms with E-state index in [1.54, 1.807) is 7.11 Å². The summed E-state index contributed by atoms with van der Waals surface area (Å²) in [5.41, 5.74) is 1.71. The fraction of sp³-hybridized carbons (Fsp3) is 0.333. The fourth-order valence-electron chi connectivity index (χ4n) is 1.90. The van der Waals surface area contributed by atoms with Crippen molar-refractivity contribution in [3.05, 3.63) is 36.0 Å². The summed E-state index contributed by atoms with van der Waals surface area (Å²) in [5.74, 6) is 2.17. The summed E-state index contributed by atoms with van der Waals surface area (Å²) in [4.78, 5) is 9.02. The molecule has 0 saturated carbocycles. The van der Waals surface area contributed by atoms with Gasteiger partial charge in [-0.1, -0.05) is 12.1 Å². The molecular formula is C15H19N3O2. The molecule has 1 heterocycles. The first-order chi connectivity index (χ1) is 9.78. The number of aromatic nitrogens is 2. The van der Waals surface area contributed by atoms with E-state index in [1.807, 2.05) is 44.3 Å². The molecule has 0 atom stereocenters. The monoisotopic (exact) mass is 273 g/mol. The fourth-order valence-corrected chi connectivity index (χ4v) is 1.90. The maximum atomic E-state index is 5.63. The Bertz CT molecular complexity index is 573. The van der Waals surface area contributed by atoms with E-state index in [0.717, 1.165) is 22.8 Å². The van der Waals surface area contributed by atoms with E-state index in [-0.39, 0.29) is 0 Å². The first kappa shape index (κ1) is 14.3. The number of methoxy groups -OCH3 is 1. The highest BCUT2D eigenvalue weighted by Gasteiger charge is 2.11. The van der Waals surface area contributed by atoms with Crippen molar-refractivity contribution in [1.29, 1.82) is 0 Å². The third-order valence-corrected chi connectivity index (χ3v) is 2.76. The molecule has 0 aliphatic heterocycles. The summed E-state index contributed by atoms with van der Waals surface area (Å²) in [7, 11) is 3.48. The van der Waals surface area contributed by atoms with Crippen LogP contribution < -0.4 is 10.1 Å². The number of nitrogens with zero attached hydrogens (tertiary/aromatic N) is 2. The van der Waals surface area contributed by atoms with E-state index in [4.69, 9.17) is 9.47 Å². The molecule has 0 fully saturated rings. The number of nitrogens with one attached hydrogen (secondary N) is 1. The van der Waals surface area contributed by atoms with Gasteiger partial charge in [-0.15, -0.1) is 0 Å². The molecule has 0 aliphatic rings. The Morgan fingerprint density at radius 3 is 2.70 bits per heavy atom. The number of benzene rings is 1. The average Bonchev–Trinajstić information content (AvgIpc) is 2.48. The van der Waals surface area contributed by atoms with Gasteiger partial charge in [-0.2, -0.15) is 0 Å². The van der Waals surface area contributed by atoms with E-state index in [2.05, 4.69) is 15.3 Å². The van der Waals surface area contributed by atoms with Gasteiger partial charge in [0, 0.05) is 20.2 Å². The van der Waals surface area contributed by atoms with Crippen LogP contribution in [0.15, 0.2) is 30.3 Å². The molecule has 5 nitrogen and oxygen atoms in total. The Hall–Kier alpha value is -2.14. The summed E-state index contributed by atoms with van der Waals surface area (Å²) >= 11 is 0. The zero-order valence-corrected chi connectivity index (χ0v) is 12.0. The molecular weight excluding hydrogens is 254 g/mol. The van der Waals surface area contributed by atoms with Crippen LogP contribution in [0.5, 0.6) is 5.75 Å². The van der Waals surface area contributed by atoms with Crippen molar-refractivity contribution >= 4 is 5.82 Å². The Balaban J connectivity index is 2.48. The van der Waals surface area contributed by atoms with Crippen molar-refractivity contribution in [3.8, 4) is 17.1 Å². The Morgan fingerprint density at radius 1 is 1.20 bits per heavy atom.